The first kappa shape index (κ1) is 25.5. The van der Waals surface area contributed by atoms with Gasteiger partial charge in [-0.1, -0.05) is 12.1 Å². The van der Waals surface area contributed by atoms with Crippen LogP contribution in [-0.4, -0.2) is 72.2 Å². The summed E-state index contributed by atoms with van der Waals surface area (Å²) in [6, 6.07) is 8.28. The Labute approximate surface area is 236 Å². The molecule has 5 heterocycles. The normalized spacial score (nSPS) is 18.0. The average molecular weight is 555 g/mol. The van der Waals surface area contributed by atoms with E-state index in [4.69, 9.17) is 5.73 Å². The van der Waals surface area contributed by atoms with Gasteiger partial charge in [0.1, 0.15) is 17.7 Å². The van der Waals surface area contributed by atoms with Crippen LogP contribution in [0.25, 0.3) is 16.6 Å². The SMILES string of the molecule is CC(N)(c1ccc(F)cc1)c1cnc(N2CCN(c3ncnn4cc(-c5cnn(C6(CO)CC6)c5)cc34)CC2)nc1. The molecule has 1 unspecified atom stereocenters. The smallest absolute Gasteiger partial charge is 0.225 e. The molecule has 0 amide bonds. The molecule has 1 aromatic carbocycles. The maximum atomic E-state index is 13.4. The summed E-state index contributed by atoms with van der Waals surface area (Å²) in [4.78, 5) is 18.3. The third kappa shape index (κ3) is 4.49. The number of piperazine rings is 1. The molecule has 1 aliphatic carbocycles. The molecule has 0 radical (unpaired) electrons. The number of aliphatic hydroxyl groups is 1. The van der Waals surface area contributed by atoms with Gasteiger partial charge in [0.15, 0.2) is 5.82 Å². The molecule has 2 aliphatic rings. The molecular weight excluding hydrogens is 523 g/mol. The molecule has 210 valence electrons. The van der Waals surface area contributed by atoms with E-state index >= 15 is 0 Å². The molecule has 1 atom stereocenters. The zero-order chi connectivity index (χ0) is 28.2. The number of nitrogens with two attached hydrogens (primary N) is 1. The van der Waals surface area contributed by atoms with Crippen LogP contribution < -0.4 is 15.5 Å². The second-order valence-electron chi connectivity index (χ2n) is 11.2. The van der Waals surface area contributed by atoms with Crippen molar-refractivity contribution in [1.29, 1.82) is 0 Å². The molecule has 41 heavy (non-hydrogen) atoms. The summed E-state index contributed by atoms with van der Waals surface area (Å²) in [5.41, 5.74) is 9.97. The van der Waals surface area contributed by atoms with Crippen LogP contribution in [0.1, 0.15) is 30.9 Å². The molecule has 1 aliphatic heterocycles. The van der Waals surface area contributed by atoms with Gasteiger partial charge >= 0.3 is 0 Å². The quantitative estimate of drug-likeness (QED) is 0.312. The average Bonchev–Trinajstić information content (AvgIpc) is 3.42. The molecule has 2 fully saturated rings. The van der Waals surface area contributed by atoms with Crippen molar-refractivity contribution in [2.45, 2.75) is 30.8 Å². The third-order valence-electron chi connectivity index (χ3n) is 8.45. The fraction of sp³-hybridized carbons (Fsp3) is 0.345. The number of halogens is 1. The summed E-state index contributed by atoms with van der Waals surface area (Å²) >= 11 is 0. The third-order valence-corrected chi connectivity index (χ3v) is 8.45. The van der Waals surface area contributed by atoms with Crippen molar-refractivity contribution >= 4 is 17.3 Å². The van der Waals surface area contributed by atoms with Crippen molar-refractivity contribution in [2.24, 2.45) is 5.73 Å². The standard InChI is InChI=1S/C29H31FN10O/c1-28(31,22-2-4-24(30)5-3-22)23-14-32-27(33-15-23)38-10-8-37(9-11-38)26-25-12-20(16-39(25)36-19-34-26)21-13-35-40(17-21)29(18-41)6-7-29/h2-5,12-17,19,41H,6-11,18,31H2,1H3. The van der Waals surface area contributed by atoms with Gasteiger partial charge in [-0.2, -0.15) is 10.2 Å². The van der Waals surface area contributed by atoms with Crippen LogP contribution in [0, 0.1) is 5.82 Å². The molecule has 1 saturated heterocycles. The lowest BCUT2D eigenvalue weighted by Gasteiger charge is -2.35. The van der Waals surface area contributed by atoms with Gasteiger partial charge in [-0.3, -0.25) is 4.68 Å². The Bertz CT molecular complexity index is 1680. The largest absolute Gasteiger partial charge is 0.394 e. The van der Waals surface area contributed by atoms with Gasteiger partial charge in [-0.05, 0) is 43.5 Å². The van der Waals surface area contributed by atoms with E-state index in [-0.39, 0.29) is 18.0 Å². The fourth-order valence-electron chi connectivity index (χ4n) is 5.49. The van der Waals surface area contributed by atoms with Gasteiger partial charge in [0, 0.05) is 67.7 Å². The van der Waals surface area contributed by atoms with Crippen LogP contribution in [-0.2, 0) is 11.1 Å². The van der Waals surface area contributed by atoms with E-state index < -0.39 is 5.54 Å². The Balaban J connectivity index is 1.05. The summed E-state index contributed by atoms with van der Waals surface area (Å²) in [7, 11) is 0. The van der Waals surface area contributed by atoms with E-state index in [9.17, 15) is 9.50 Å². The molecule has 11 nitrogen and oxygen atoms in total. The number of aliphatic hydroxyl groups excluding tert-OH is 1. The maximum Gasteiger partial charge on any atom is 0.225 e. The first-order chi connectivity index (χ1) is 19.9. The number of fused-ring (bicyclic) bond motifs is 1. The Morgan fingerprint density at radius 3 is 2.29 bits per heavy atom. The molecule has 3 N–H and O–H groups in total. The second-order valence-corrected chi connectivity index (χ2v) is 11.2. The van der Waals surface area contributed by atoms with Crippen molar-refractivity contribution in [2.75, 3.05) is 42.6 Å². The van der Waals surface area contributed by atoms with Crippen molar-refractivity contribution in [3.05, 3.63) is 84.6 Å². The lowest BCUT2D eigenvalue weighted by atomic mass is 9.87. The van der Waals surface area contributed by atoms with Gasteiger partial charge < -0.3 is 20.6 Å². The van der Waals surface area contributed by atoms with Crippen molar-refractivity contribution in [1.82, 2.24) is 34.3 Å². The number of anilines is 2. The highest BCUT2D eigenvalue weighted by Gasteiger charge is 2.45. The molecule has 12 heteroatoms. The van der Waals surface area contributed by atoms with Gasteiger partial charge in [-0.15, -0.1) is 0 Å². The highest BCUT2D eigenvalue weighted by atomic mass is 19.1. The van der Waals surface area contributed by atoms with E-state index in [1.54, 1.807) is 30.9 Å². The Kier molecular flexibility index (Phi) is 5.98. The minimum atomic E-state index is -0.837. The topological polar surface area (TPSA) is 127 Å². The van der Waals surface area contributed by atoms with Gasteiger partial charge in [-0.25, -0.2) is 23.9 Å². The van der Waals surface area contributed by atoms with Crippen molar-refractivity contribution in [3.63, 3.8) is 0 Å². The predicted octanol–water partition coefficient (Wildman–Crippen LogP) is 2.55. The van der Waals surface area contributed by atoms with E-state index in [0.29, 0.717) is 5.95 Å². The molecule has 5 aromatic rings. The molecule has 4 aromatic heterocycles. The van der Waals surface area contributed by atoms with Crippen LogP contribution in [0.2, 0.25) is 0 Å². The molecule has 7 rings (SSSR count). The van der Waals surface area contributed by atoms with Gasteiger partial charge in [0.05, 0.1) is 23.9 Å². The molecule has 0 spiro atoms. The van der Waals surface area contributed by atoms with Crippen molar-refractivity contribution < 1.29 is 9.50 Å². The van der Waals surface area contributed by atoms with E-state index in [1.807, 2.05) is 34.7 Å². The summed E-state index contributed by atoms with van der Waals surface area (Å²) in [6.45, 7) is 4.94. The van der Waals surface area contributed by atoms with Gasteiger partial charge in [0.2, 0.25) is 5.95 Å². The number of hydrogen-bond donors (Lipinski definition) is 2. The maximum absolute atomic E-state index is 13.4. The zero-order valence-electron chi connectivity index (χ0n) is 22.7. The number of nitrogens with zero attached hydrogens (tertiary/aromatic N) is 9. The fourth-order valence-corrected chi connectivity index (χ4v) is 5.49. The van der Waals surface area contributed by atoms with Crippen LogP contribution in [0.5, 0.6) is 0 Å². The minimum Gasteiger partial charge on any atom is -0.394 e. The zero-order valence-corrected chi connectivity index (χ0v) is 22.7. The lowest BCUT2D eigenvalue weighted by molar-refractivity contribution is 0.202. The summed E-state index contributed by atoms with van der Waals surface area (Å²) in [5, 5.41) is 18.7. The van der Waals surface area contributed by atoms with Crippen LogP contribution >= 0.6 is 0 Å². The molecule has 1 saturated carbocycles. The molecule has 0 bridgehead atoms. The summed E-state index contributed by atoms with van der Waals surface area (Å²) in [5.74, 6) is 1.23. The number of rotatable bonds is 7. The van der Waals surface area contributed by atoms with Crippen LogP contribution in [0.4, 0.5) is 16.2 Å². The van der Waals surface area contributed by atoms with Crippen molar-refractivity contribution in [3.8, 4) is 11.1 Å². The monoisotopic (exact) mass is 554 g/mol. The highest BCUT2D eigenvalue weighted by Crippen LogP contribution is 2.43. The number of aromatic nitrogens is 7. The van der Waals surface area contributed by atoms with E-state index in [0.717, 1.165) is 72.6 Å². The number of benzene rings is 1. The predicted molar refractivity (Wildman–Crippen MR) is 152 cm³/mol. The van der Waals surface area contributed by atoms with E-state index in [1.165, 1.54) is 12.1 Å². The summed E-state index contributed by atoms with van der Waals surface area (Å²) in [6.07, 6.45) is 12.8. The Morgan fingerprint density at radius 1 is 0.902 bits per heavy atom. The molecular formula is C29H31FN10O. The Hall–Kier alpha value is -4.42. The summed E-state index contributed by atoms with van der Waals surface area (Å²) < 4.78 is 17.1. The lowest BCUT2D eigenvalue weighted by Crippen LogP contribution is -2.47. The first-order valence-electron chi connectivity index (χ1n) is 13.7. The minimum absolute atomic E-state index is 0.102. The highest BCUT2D eigenvalue weighted by molar-refractivity contribution is 5.77. The van der Waals surface area contributed by atoms with Crippen LogP contribution in [0.15, 0.2) is 67.6 Å². The second kappa shape index (κ2) is 9.60. The number of hydrogen-bond acceptors (Lipinski definition) is 9. The van der Waals surface area contributed by atoms with Crippen LogP contribution in [0.3, 0.4) is 0 Å². The van der Waals surface area contributed by atoms with E-state index in [2.05, 4.69) is 41.0 Å². The van der Waals surface area contributed by atoms with Gasteiger partial charge in [0.25, 0.3) is 0 Å². The first-order valence-corrected chi connectivity index (χ1v) is 13.7. The Morgan fingerprint density at radius 2 is 1.61 bits per heavy atom.